The first-order valence-electron chi connectivity index (χ1n) is 9.89. The lowest BCUT2D eigenvalue weighted by molar-refractivity contribution is -0.134. The number of nitrogens with zero attached hydrogens (tertiary/aromatic N) is 4. The minimum absolute atomic E-state index is 0.0850. The van der Waals surface area contributed by atoms with E-state index in [1.54, 1.807) is 0 Å². The topological polar surface area (TPSA) is 61.4 Å². The lowest BCUT2D eigenvalue weighted by Gasteiger charge is -2.31. The van der Waals surface area contributed by atoms with Crippen LogP contribution in [-0.2, 0) is 4.79 Å². The summed E-state index contributed by atoms with van der Waals surface area (Å²) >= 11 is 0. The van der Waals surface area contributed by atoms with E-state index in [-0.39, 0.29) is 17.6 Å². The summed E-state index contributed by atoms with van der Waals surface area (Å²) in [5.41, 5.74) is 0.651. The third kappa shape index (κ3) is 3.01. The van der Waals surface area contributed by atoms with Gasteiger partial charge in [0.25, 0.3) is 0 Å². The fraction of sp³-hybridized carbons (Fsp3) is 0.737. The van der Waals surface area contributed by atoms with E-state index in [2.05, 4.69) is 27.1 Å². The predicted octanol–water partition coefficient (Wildman–Crippen LogP) is 2.62. The fourth-order valence-corrected chi connectivity index (χ4v) is 4.59. The molecule has 4 rings (SSSR count). The molecule has 1 atom stereocenters. The first-order valence-corrected chi connectivity index (χ1v) is 9.89. The van der Waals surface area contributed by atoms with Gasteiger partial charge in [0.1, 0.15) is 6.17 Å². The van der Waals surface area contributed by atoms with E-state index >= 15 is 0 Å². The largest absolute Gasteiger partial charge is 0.341 e. The number of rotatable bonds is 4. The molecule has 1 saturated carbocycles. The van der Waals surface area contributed by atoms with Gasteiger partial charge in [-0.2, -0.15) is 0 Å². The molecule has 3 heterocycles. The van der Waals surface area contributed by atoms with Gasteiger partial charge in [0.2, 0.25) is 11.9 Å². The summed E-state index contributed by atoms with van der Waals surface area (Å²) in [5.74, 6) is 1.10. The molecule has 1 spiro atoms. The van der Waals surface area contributed by atoms with Crippen molar-refractivity contribution in [3.05, 3.63) is 18.0 Å². The second-order valence-electron chi connectivity index (χ2n) is 7.70. The summed E-state index contributed by atoms with van der Waals surface area (Å²) in [7, 11) is 0. The summed E-state index contributed by atoms with van der Waals surface area (Å²) in [4.78, 5) is 26.6. The van der Waals surface area contributed by atoms with Gasteiger partial charge >= 0.3 is 0 Å². The van der Waals surface area contributed by atoms with Crippen LogP contribution >= 0.6 is 0 Å². The molecule has 25 heavy (non-hydrogen) atoms. The van der Waals surface area contributed by atoms with Gasteiger partial charge < -0.3 is 9.80 Å². The van der Waals surface area contributed by atoms with E-state index in [4.69, 9.17) is 0 Å². The zero-order valence-corrected chi connectivity index (χ0v) is 15.2. The molecule has 3 aliphatic rings. The lowest BCUT2D eigenvalue weighted by atomic mass is 9.81. The second kappa shape index (κ2) is 6.90. The van der Waals surface area contributed by atoms with Crippen molar-refractivity contribution in [1.29, 1.82) is 0 Å². The zero-order chi connectivity index (χ0) is 17.3. The van der Waals surface area contributed by atoms with Crippen LogP contribution in [0.4, 0.5) is 5.95 Å². The minimum Gasteiger partial charge on any atom is -0.341 e. The van der Waals surface area contributed by atoms with Gasteiger partial charge in [-0.1, -0.05) is 26.2 Å². The molecule has 0 radical (unpaired) electrons. The molecule has 1 amide bonds. The highest BCUT2D eigenvalue weighted by Crippen LogP contribution is 2.39. The van der Waals surface area contributed by atoms with E-state index in [0.29, 0.717) is 0 Å². The molecule has 3 fully saturated rings. The molecular weight excluding hydrogens is 314 g/mol. The molecule has 2 aliphatic heterocycles. The average molecular weight is 343 g/mol. The molecule has 1 aromatic heterocycles. The van der Waals surface area contributed by atoms with E-state index in [0.717, 1.165) is 63.3 Å². The number of hydrogen-bond acceptors (Lipinski definition) is 5. The van der Waals surface area contributed by atoms with Crippen LogP contribution in [0, 0.1) is 0 Å². The van der Waals surface area contributed by atoms with Crippen molar-refractivity contribution in [2.45, 2.75) is 70.0 Å². The van der Waals surface area contributed by atoms with Crippen molar-refractivity contribution in [2.75, 3.05) is 24.5 Å². The lowest BCUT2D eigenvalue weighted by Crippen LogP contribution is -2.48. The van der Waals surface area contributed by atoms with Crippen LogP contribution in [-0.4, -0.2) is 45.9 Å². The third-order valence-corrected chi connectivity index (χ3v) is 5.93. The third-order valence-electron chi connectivity index (χ3n) is 5.93. The van der Waals surface area contributed by atoms with Crippen LogP contribution in [0.15, 0.2) is 12.4 Å². The highest BCUT2D eigenvalue weighted by atomic mass is 16.2. The van der Waals surface area contributed by atoms with Crippen molar-refractivity contribution in [2.24, 2.45) is 0 Å². The van der Waals surface area contributed by atoms with Gasteiger partial charge in [0.15, 0.2) is 0 Å². The van der Waals surface area contributed by atoms with Crippen molar-refractivity contribution in [1.82, 2.24) is 20.2 Å². The van der Waals surface area contributed by atoms with Crippen molar-refractivity contribution in [3.63, 3.8) is 0 Å². The van der Waals surface area contributed by atoms with Gasteiger partial charge in [0.05, 0.1) is 5.54 Å². The first kappa shape index (κ1) is 16.8. The maximum atomic E-state index is 13.1. The quantitative estimate of drug-likeness (QED) is 0.910. The van der Waals surface area contributed by atoms with Gasteiger partial charge in [-0.05, 0) is 32.1 Å². The maximum absolute atomic E-state index is 13.1. The Balaban J connectivity index is 1.57. The summed E-state index contributed by atoms with van der Waals surface area (Å²) in [5, 5.41) is 3.68. The number of amides is 1. The Bertz CT molecular complexity index is 605. The number of carbonyl (C=O) groups excluding carboxylic acids is 1. The molecule has 0 bridgehead atoms. The summed E-state index contributed by atoms with van der Waals surface area (Å²) < 4.78 is 0. The smallest absolute Gasteiger partial charge is 0.244 e. The number of anilines is 1. The molecule has 1 N–H and O–H groups in total. The van der Waals surface area contributed by atoms with Crippen molar-refractivity contribution >= 4 is 11.9 Å². The Morgan fingerprint density at radius 3 is 2.44 bits per heavy atom. The molecular formula is C19H29N5O. The van der Waals surface area contributed by atoms with Gasteiger partial charge in [-0.3, -0.25) is 10.1 Å². The van der Waals surface area contributed by atoms with E-state index in [1.165, 1.54) is 19.3 Å². The molecule has 6 nitrogen and oxygen atoms in total. The predicted molar refractivity (Wildman–Crippen MR) is 97.2 cm³/mol. The Labute approximate surface area is 150 Å². The molecule has 6 heteroatoms. The number of aromatic nitrogens is 2. The fourth-order valence-electron chi connectivity index (χ4n) is 4.59. The van der Waals surface area contributed by atoms with Crippen LogP contribution < -0.4 is 10.2 Å². The van der Waals surface area contributed by atoms with Crippen LogP contribution in [0.25, 0.3) is 0 Å². The highest BCUT2D eigenvalue weighted by molar-refractivity contribution is 5.89. The van der Waals surface area contributed by atoms with Gasteiger partial charge in [-0.15, -0.1) is 0 Å². The monoisotopic (exact) mass is 343 g/mol. The normalized spacial score (nSPS) is 26.0. The summed E-state index contributed by atoms with van der Waals surface area (Å²) in [6.45, 7) is 5.00. The van der Waals surface area contributed by atoms with Crippen LogP contribution in [0.3, 0.4) is 0 Å². The average Bonchev–Trinajstić information content (AvgIpc) is 3.27. The zero-order valence-electron chi connectivity index (χ0n) is 15.2. The minimum atomic E-state index is -0.355. The second-order valence-corrected chi connectivity index (χ2v) is 7.70. The maximum Gasteiger partial charge on any atom is 0.244 e. The van der Waals surface area contributed by atoms with Crippen molar-refractivity contribution in [3.8, 4) is 0 Å². The number of carbonyl (C=O) groups is 1. The van der Waals surface area contributed by atoms with Gasteiger partial charge in [-0.25, -0.2) is 9.97 Å². The number of hydrogen-bond donors (Lipinski definition) is 1. The van der Waals surface area contributed by atoms with Crippen molar-refractivity contribution < 1.29 is 4.79 Å². The van der Waals surface area contributed by atoms with Crippen LogP contribution in [0.5, 0.6) is 0 Å². The van der Waals surface area contributed by atoms with Crippen LogP contribution in [0.1, 0.15) is 70.0 Å². The molecule has 0 aromatic carbocycles. The molecule has 1 aromatic rings. The molecule has 2 saturated heterocycles. The first-order chi connectivity index (χ1) is 12.2. The van der Waals surface area contributed by atoms with Gasteiger partial charge in [0, 0.05) is 37.6 Å². The number of nitrogens with one attached hydrogen (secondary N) is 1. The SMILES string of the molecule is CCCN1C(=O)C2(CCCCC2)NC1c1cnc(N2CCCC2)nc1. The standard InChI is InChI=1S/C19H29N5O/c1-2-10-24-16(22-19(17(24)25)8-4-3-5-9-19)15-13-20-18(21-14-15)23-11-6-7-12-23/h13-14,16,22H,2-12H2,1H3. The Kier molecular flexibility index (Phi) is 4.63. The van der Waals surface area contributed by atoms with E-state index in [1.807, 2.05) is 17.3 Å². The van der Waals surface area contributed by atoms with E-state index < -0.39 is 0 Å². The summed E-state index contributed by atoms with van der Waals surface area (Å²) in [6, 6.07) is 0. The molecule has 136 valence electrons. The Morgan fingerprint density at radius 2 is 1.80 bits per heavy atom. The Hall–Kier alpha value is -1.69. The van der Waals surface area contributed by atoms with Crippen LogP contribution in [0.2, 0.25) is 0 Å². The Morgan fingerprint density at radius 1 is 1.12 bits per heavy atom. The summed E-state index contributed by atoms with van der Waals surface area (Å²) in [6.07, 6.45) is 12.6. The molecule has 1 unspecified atom stereocenters. The molecule has 1 aliphatic carbocycles. The highest BCUT2D eigenvalue weighted by Gasteiger charge is 2.51. The van der Waals surface area contributed by atoms with E-state index in [9.17, 15) is 4.79 Å².